The summed E-state index contributed by atoms with van der Waals surface area (Å²) in [5, 5.41) is 20.7. The van der Waals surface area contributed by atoms with E-state index in [1.54, 1.807) is 37.5 Å². The predicted octanol–water partition coefficient (Wildman–Crippen LogP) is 2.47. The van der Waals surface area contributed by atoms with E-state index >= 15 is 0 Å². The normalized spacial score (nSPS) is 13.2. The summed E-state index contributed by atoms with van der Waals surface area (Å²) in [5.74, 6) is -0.597. The fraction of sp³-hybridized carbons (Fsp3) is 0.444. The molecule has 0 fully saturated rings. The molecule has 1 aromatic heterocycles. The molecule has 0 aliphatic rings. The van der Waals surface area contributed by atoms with Crippen molar-refractivity contribution < 1.29 is 19.4 Å². The Morgan fingerprint density at radius 3 is 2.78 bits per heavy atom. The third-order valence-corrected chi connectivity index (χ3v) is 5.01. The Morgan fingerprint density at radius 2 is 2.15 bits per heavy atom. The molecule has 1 aromatic carbocycles. The number of carboxylic acid groups (broad SMARTS) is 1. The molecule has 2 rings (SSSR count). The van der Waals surface area contributed by atoms with Gasteiger partial charge in [0.1, 0.15) is 12.1 Å². The molecule has 1 amide bonds. The van der Waals surface area contributed by atoms with E-state index in [1.165, 1.54) is 18.9 Å². The second-order valence-electron chi connectivity index (χ2n) is 6.59. The Kier molecular flexibility index (Phi) is 6.84. The van der Waals surface area contributed by atoms with E-state index in [2.05, 4.69) is 15.5 Å². The number of nitrogens with zero attached hydrogens (tertiary/aromatic N) is 3. The number of rotatable bonds is 9. The maximum atomic E-state index is 12.5. The number of benzene rings is 1. The SMILES string of the molecule is COc1cccc(C(C)(CC(=O)O)NC(=O)CSc2nncn2C(C)C)c1. The number of aliphatic carboxylic acids is 1. The number of thioether (sulfide) groups is 1. The van der Waals surface area contributed by atoms with Crippen LogP contribution in [0, 0.1) is 0 Å². The highest BCUT2D eigenvalue weighted by molar-refractivity contribution is 7.99. The third kappa shape index (κ3) is 5.46. The number of carboxylic acids is 1. The molecule has 1 atom stereocenters. The summed E-state index contributed by atoms with van der Waals surface area (Å²) in [6.07, 6.45) is 1.37. The van der Waals surface area contributed by atoms with Gasteiger partial charge in [0, 0.05) is 6.04 Å². The Labute approximate surface area is 162 Å². The van der Waals surface area contributed by atoms with Crippen molar-refractivity contribution in [3.05, 3.63) is 36.2 Å². The van der Waals surface area contributed by atoms with Gasteiger partial charge in [-0.05, 0) is 38.5 Å². The number of hydrogen-bond donors (Lipinski definition) is 2. The number of nitrogens with one attached hydrogen (secondary N) is 1. The van der Waals surface area contributed by atoms with Gasteiger partial charge in [-0.3, -0.25) is 9.59 Å². The number of carbonyl (C=O) groups is 2. The van der Waals surface area contributed by atoms with Gasteiger partial charge in [0.2, 0.25) is 5.91 Å². The van der Waals surface area contributed by atoms with Gasteiger partial charge < -0.3 is 19.7 Å². The van der Waals surface area contributed by atoms with Crippen LogP contribution >= 0.6 is 11.8 Å². The summed E-state index contributed by atoms with van der Waals surface area (Å²) < 4.78 is 7.08. The first-order chi connectivity index (χ1) is 12.7. The van der Waals surface area contributed by atoms with Crippen molar-refractivity contribution >= 4 is 23.6 Å². The number of aromatic nitrogens is 3. The summed E-state index contributed by atoms with van der Waals surface area (Å²) in [5.41, 5.74) is -0.406. The molecule has 0 radical (unpaired) electrons. The van der Waals surface area contributed by atoms with Gasteiger partial charge in [0.15, 0.2) is 5.16 Å². The molecule has 146 valence electrons. The summed E-state index contributed by atoms with van der Waals surface area (Å²) >= 11 is 1.26. The van der Waals surface area contributed by atoms with Crippen LogP contribution in [-0.2, 0) is 15.1 Å². The number of ether oxygens (including phenoxy) is 1. The van der Waals surface area contributed by atoms with E-state index < -0.39 is 11.5 Å². The molecule has 0 saturated heterocycles. The van der Waals surface area contributed by atoms with Crippen LogP contribution in [0.1, 0.15) is 38.8 Å². The Morgan fingerprint density at radius 1 is 1.41 bits per heavy atom. The van der Waals surface area contributed by atoms with E-state index in [0.717, 1.165) is 0 Å². The maximum absolute atomic E-state index is 12.5. The Balaban J connectivity index is 2.13. The van der Waals surface area contributed by atoms with Crippen LogP contribution in [0.15, 0.2) is 35.7 Å². The molecule has 0 aliphatic carbocycles. The summed E-state index contributed by atoms with van der Waals surface area (Å²) in [6.45, 7) is 5.69. The van der Waals surface area contributed by atoms with E-state index in [-0.39, 0.29) is 24.1 Å². The van der Waals surface area contributed by atoms with Gasteiger partial charge in [-0.2, -0.15) is 0 Å². The van der Waals surface area contributed by atoms with Crippen molar-refractivity contribution in [3.8, 4) is 5.75 Å². The van der Waals surface area contributed by atoms with Crippen molar-refractivity contribution in [3.63, 3.8) is 0 Å². The minimum atomic E-state index is -1.07. The highest BCUT2D eigenvalue weighted by Crippen LogP contribution is 2.28. The van der Waals surface area contributed by atoms with Crippen LogP contribution in [0.3, 0.4) is 0 Å². The van der Waals surface area contributed by atoms with Gasteiger partial charge in [-0.25, -0.2) is 0 Å². The molecule has 2 N–H and O–H groups in total. The van der Waals surface area contributed by atoms with E-state index in [1.807, 2.05) is 18.4 Å². The first kappa shape index (κ1) is 20.8. The van der Waals surface area contributed by atoms with Crippen LogP contribution in [0.2, 0.25) is 0 Å². The lowest BCUT2D eigenvalue weighted by Gasteiger charge is -2.30. The lowest BCUT2D eigenvalue weighted by molar-refractivity contribution is -0.139. The molecular weight excluding hydrogens is 368 g/mol. The van der Waals surface area contributed by atoms with Crippen molar-refractivity contribution in [1.29, 1.82) is 0 Å². The highest BCUT2D eigenvalue weighted by Gasteiger charge is 2.32. The zero-order valence-corrected chi connectivity index (χ0v) is 16.6. The van der Waals surface area contributed by atoms with E-state index in [0.29, 0.717) is 16.5 Å². The topological polar surface area (TPSA) is 106 Å². The van der Waals surface area contributed by atoms with E-state index in [9.17, 15) is 14.7 Å². The van der Waals surface area contributed by atoms with E-state index in [4.69, 9.17) is 4.74 Å². The molecule has 0 saturated carbocycles. The molecule has 8 nitrogen and oxygen atoms in total. The van der Waals surface area contributed by atoms with Gasteiger partial charge >= 0.3 is 5.97 Å². The quantitative estimate of drug-likeness (QED) is 0.631. The lowest BCUT2D eigenvalue weighted by atomic mass is 9.88. The van der Waals surface area contributed by atoms with Crippen LogP contribution in [-0.4, -0.2) is 44.6 Å². The van der Waals surface area contributed by atoms with Gasteiger partial charge in [-0.1, -0.05) is 23.9 Å². The molecule has 9 heteroatoms. The second kappa shape index (κ2) is 8.90. The summed E-state index contributed by atoms with van der Waals surface area (Å²) in [4.78, 5) is 23.9. The molecule has 1 heterocycles. The van der Waals surface area contributed by atoms with Crippen LogP contribution in [0.4, 0.5) is 0 Å². The number of carbonyl (C=O) groups excluding carboxylic acids is 1. The lowest BCUT2D eigenvalue weighted by Crippen LogP contribution is -2.45. The smallest absolute Gasteiger partial charge is 0.306 e. The average Bonchev–Trinajstić information content (AvgIpc) is 3.08. The van der Waals surface area contributed by atoms with Crippen LogP contribution in [0.5, 0.6) is 5.75 Å². The molecule has 1 unspecified atom stereocenters. The molecule has 0 bridgehead atoms. The first-order valence-electron chi connectivity index (χ1n) is 8.45. The molecule has 2 aromatic rings. The number of hydrogen-bond acceptors (Lipinski definition) is 6. The molecular formula is C18H24N4O4S. The fourth-order valence-corrected chi connectivity index (χ4v) is 3.49. The summed E-state index contributed by atoms with van der Waals surface area (Å²) in [6, 6.07) is 7.21. The zero-order valence-electron chi connectivity index (χ0n) is 15.8. The van der Waals surface area contributed by atoms with Gasteiger partial charge in [0.25, 0.3) is 0 Å². The van der Waals surface area contributed by atoms with Crippen LogP contribution in [0.25, 0.3) is 0 Å². The average molecular weight is 392 g/mol. The van der Waals surface area contributed by atoms with Crippen molar-refractivity contribution in [1.82, 2.24) is 20.1 Å². The molecule has 0 aliphatic heterocycles. The van der Waals surface area contributed by atoms with Crippen molar-refractivity contribution in [2.45, 2.75) is 43.9 Å². The second-order valence-corrected chi connectivity index (χ2v) is 7.53. The molecule has 27 heavy (non-hydrogen) atoms. The predicted molar refractivity (Wildman–Crippen MR) is 102 cm³/mol. The zero-order chi connectivity index (χ0) is 20.0. The number of methoxy groups -OCH3 is 1. The highest BCUT2D eigenvalue weighted by atomic mass is 32.2. The number of amides is 1. The van der Waals surface area contributed by atoms with Gasteiger partial charge in [-0.15, -0.1) is 10.2 Å². The van der Waals surface area contributed by atoms with Crippen molar-refractivity contribution in [2.24, 2.45) is 0 Å². The van der Waals surface area contributed by atoms with Crippen LogP contribution < -0.4 is 10.1 Å². The first-order valence-corrected chi connectivity index (χ1v) is 9.43. The standard InChI is InChI=1S/C18H24N4O4S/c1-12(2)22-11-19-21-17(22)27-10-15(23)20-18(3,9-16(24)25)13-6-5-7-14(8-13)26-4/h5-8,11-12H,9-10H2,1-4H3,(H,20,23)(H,24,25). The Hall–Kier alpha value is -2.55. The molecule has 0 spiro atoms. The van der Waals surface area contributed by atoms with Crippen molar-refractivity contribution in [2.75, 3.05) is 12.9 Å². The fourth-order valence-electron chi connectivity index (χ4n) is 2.65. The minimum Gasteiger partial charge on any atom is -0.497 e. The Bertz CT molecular complexity index is 808. The third-order valence-electron chi connectivity index (χ3n) is 4.06. The largest absolute Gasteiger partial charge is 0.497 e. The van der Waals surface area contributed by atoms with Gasteiger partial charge in [0.05, 0.1) is 24.8 Å². The minimum absolute atomic E-state index is 0.102. The maximum Gasteiger partial charge on any atom is 0.306 e. The monoisotopic (exact) mass is 392 g/mol. The summed E-state index contributed by atoms with van der Waals surface area (Å²) in [7, 11) is 1.54.